The second-order valence-electron chi connectivity index (χ2n) is 5.17. The van der Waals surface area contributed by atoms with Crippen LogP contribution in [0, 0.1) is 10.5 Å². The summed E-state index contributed by atoms with van der Waals surface area (Å²) in [5.74, 6) is 0.338. The molecule has 9 heteroatoms. The minimum Gasteiger partial charge on any atom is -0.496 e. The minimum absolute atomic E-state index is 0.235. The third-order valence-electron chi connectivity index (χ3n) is 3.27. The Hall–Kier alpha value is -1.33. The van der Waals surface area contributed by atoms with E-state index < -0.39 is 11.8 Å². The maximum Gasteiger partial charge on any atom is 0.276 e. The number of nitrogens with one attached hydrogen (secondary N) is 2. The lowest BCUT2D eigenvalue weighted by molar-refractivity contribution is -0.123. The van der Waals surface area contributed by atoms with Crippen LogP contribution in [0.1, 0.15) is 15.9 Å². The van der Waals surface area contributed by atoms with E-state index in [1.807, 2.05) is 19.1 Å². The first-order valence-electron chi connectivity index (χ1n) is 7.33. The predicted molar refractivity (Wildman–Crippen MR) is 113 cm³/mol. The zero-order chi connectivity index (χ0) is 19.3. The highest BCUT2D eigenvalue weighted by atomic mass is 127. The summed E-state index contributed by atoms with van der Waals surface area (Å²) in [4.78, 5) is 24.0. The van der Waals surface area contributed by atoms with Gasteiger partial charge in [0, 0.05) is 10.0 Å². The van der Waals surface area contributed by atoms with E-state index in [4.69, 9.17) is 9.47 Å². The molecule has 0 aliphatic rings. The van der Waals surface area contributed by atoms with E-state index in [0.717, 1.165) is 18.1 Å². The Morgan fingerprint density at radius 3 is 2.50 bits per heavy atom. The molecule has 0 bridgehead atoms. The van der Waals surface area contributed by atoms with Crippen molar-refractivity contribution >= 4 is 66.3 Å². The van der Waals surface area contributed by atoms with Gasteiger partial charge in [0.15, 0.2) is 6.61 Å². The number of hydrogen-bond acceptors (Lipinski definition) is 4. The molecule has 2 N–H and O–H groups in total. The fraction of sp³-hybridized carbons (Fsp3) is 0.176. The van der Waals surface area contributed by atoms with Gasteiger partial charge in [-0.2, -0.15) is 0 Å². The second-order valence-corrected chi connectivity index (χ2v) is 8.11. The Morgan fingerprint density at radius 2 is 1.88 bits per heavy atom. The zero-order valence-electron chi connectivity index (χ0n) is 13.9. The molecule has 2 rings (SSSR count). The normalized spacial score (nSPS) is 10.2. The van der Waals surface area contributed by atoms with Crippen LogP contribution in [-0.2, 0) is 4.79 Å². The van der Waals surface area contributed by atoms with Gasteiger partial charge in [-0.15, -0.1) is 0 Å². The molecule has 2 aromatic carbocycles. The topological polar surface area (TPSA) is 76.7 Å². The smallest absolute Gasteiger partial charge is 0.276 e. The number of hydrazine groups is 1. The number of aryl methyl sites for hydroxylation is 1. The first-order chi connectivity index (χ1) is 12.3. The highest BCUT2D eigenvalue weighted by Crippen LogP contribution is 2.32. The van der Waals surface area contributed by atoms with E-state index >= 15 is 0 Å². The molecular weight excluding hydrogens is 583 g/mol. The largest absolute Gasteiger partial charge is 0.496 e. The van der Waals surface area contributed by atoms with Crippen LogP contribution in [0.2, 0.25) is 0 Å². The van der Waals surface area contributed by atoms with Crippen molar-refractivity contribution in [3.05, 3.63) is 54.0 Å². The fourth-order valence-corrected chi connectivity index (χ4v) is 4.34. The van der Waals surface area contributed by atoms with Gasteiger partial charge in [0.25, 0.3) is 11.8 Å². The lowest BCUT2D eigenvalue weighted by Crippen LogP contribution is -2.43. The summed E-state index contributed by atoms with van der Waals surface area (Å²) in [5, 5.41) is 0. The van der Waals surface area contributed by atoms with Crippen molar-refractivity contribution in [2.75, 3.05) is 13.7 Å². The van der Waals surface area contributed by atoms with Crippen molar-refractivity contribution in [3.8, 4) is 11.5 Å². The van der Waals surface area contributed by atoms with Gasteiger partial charge in [0.1, 0.15) is 11.5 Å². The summed E-state index contributed by atoms with van der Waals surface area (Å²) >= 11 is 8.84. The molecule has 0 radical (unpaired) electrons. The number of rotatable bonds is 5. The molecule has 0 aliphatic carbocycles. The molecule has 26 heavy (non-hydrogen) atoms. The average molecular weight is 598 g/mol. The molecule has 6 nitrogen and oxygen atoms in total. The van der Waals surface area contributed by atoms with Crippen LogP contribution in [0.15, 0.2) is 39.3 Å². The summed E-state index contributed by atoms with van der Waals surface area (Å²) in [7, 11) is 1.56. The summed E-state index contributed by atoms with van der Waals surface area (Å²) in [5.41, 5.74) is 5.96. The van der Waals surface area contributed by atoms with Crippen LogP contribution in [0.3, 0.4) is 0 Å². The Morgan fingerprint density at radius 1 is 1.15 bits per heavy atom. The number of carbonyl (C=O) groups excluding carboxylic acids is 2. The molecule has 0 aliphatic heterocycles. The number of hydrogen-bond donors (Lipinski definition) is 2. The van der Waals surface area contributed by atoms with E-state index in [9.17, 15) is 9.59 Å². The summed E-state index contributed by atoms with van der Waals surface area (Å²) in [6, 6.07) is 8.68. The van der Waals surface area contributed by atoms with Gasteiger partial charge in [-0.25, -0.2) is 0 Å². The maximum atomic E-state index is 12.1. The highest BCUT2D eigenvalue weighted by molar-refractivity contribution is 14.1. The third kappa shape index (κ3) is 5.58. The fourth-order valence-electron chi connectivity index (χ4n) is 2.05. The van der Waals surface area contributed by atoms with E-state index in [-0.39, 0.29) is 6.61 Å². The van der Waals surface area contributed by atoms with Gasteiger partial charge in [0.2, 0.25) is 0 Å². The number of ether oxygens (including phenoxy) is 2. The van der Waals surface area contributed by atoms with Gasteiger partial charge in [-0.3, -0.25) is 20.4 Å². The van der Waals surface area contributed by atoms with Crippen LogP contribution in [0.25, 0.3) is 0 Å². The molecule has 0 spiro atoms. The molecule has 2 amide bonds. The van der Waals surface area contributed by atoms with Crippen molar-refractivity contribution in [2.24, 2.45) is 0 Å². The number of carbonyl (C=O) groups is 2. The molecule has 0 saturated heterocycles. The van der Waals surface area contributed by atoms with Crippen LogP contribution in [0.4, 0.5) is 0 Å². The van der Waals surface area contributed by atoms with Crippen LogP contribution >= 0.6 is 54.5 Å². The van der Waals surface area contributed by atoms with E-state index in [0.29, 0.717) is 17.1 Å². The first-order valence-corrected chi connectivity index (χ1v) is 9.99. The van der Waals surface area contributed by atoms with Gasteiger partial charge < -0.3 is 9.47 Å². The molecule has 2 aromatic rings. The van der Waals surface area contributed by atoms with Crippen molar-refractivity contribution in [2.45, 2.75) is 6.92 Å². The Balaban J connectivity index is 1.89. The van der Waals surface area contributed by atoms with Gasteiger partial charge in [-0.1, -0.05) is 15.9 Å². The van der Waals surface area contributed by atoms with E-state index in [1.54, 1.807) is 25.3 Å². The van der Waals surface area contributed by atoms with Gasteiger partial charge in [0.05, 0.1) is 15.2 Å². The lowest BCUT2D eigenvalue weighted by Gasteiger charge is -2.12. The monoisotopic (exact) mass is 596 g/mol. The molecular formula is C17H15Br2IN2O4. The SMILES string of the molecule is COc1ccc(C(=O)NNC(=O)COc2c(C)cc(Br)cc2Br)cc1I. The van der Waals surface area contributed by atoms with Gasteiger partial charge in [-0.05, 0) is 81.3 Å². The highest BCUT2D eigenvalue weighted by Gasteiger charge is 2.12. The van der Waals surface area contributed by atoms with Crippen molar-refractivity contribution < 1.29 is 19.1 Å². The van der Waals surface area contributed by atoms with Crippen molar-refractivity contribution in [1.82, 2.24) is 10.9 Å². The van der Waals surface area contributed by atoms with E-state index in [2.05, 4.69) is 65.3 Å². The Kier molecular flexibility index (Phi) is 7.71. The van der Waals surface area contributed by atoms with E-state index in [1.165, 1.54) is 0 Å². The molecule has 0 unspecified atom stereocenters. The lowest BCUT2D eigenvalue weighted by atomic mass is 10.2. The van der Waals surface area contributed by atoms with Gasteiger partial charge >= 0.3 is 0 Å². The van der Waals surface area contributed by atoms with Crippen molar-refractivity contribution in [3.63, 3.8) is 0 Å². The molecule has 0 atom stereocenters. The summed E-state index contributed by atoms with van der Waals surface area (Å²) in [6.07, 6.45) is 0. The maximum absolute atomic E-state index is 12.1. The molecule has 138 valence electrons. The van der Waals surface area contributed by atoms with Crippen molar-refractivity contribution in [1.29, 1.82) is 0 Å². The molecule has 0 heterocycles. The van der Waals surface area contributed by atoms with Crippen LogP contribution in [0.5, 0.6) is 11.5 Å². The quantitative estimate of drug-likeness (QED) is 0.404. The third-order valence-corrected chi connectivity index (χ3v) is 5.16. The number of halogens is 3. The molecule has 0 aromatic heterocycles. The second kappa shape index (κ2) is 9.56. The Bertz CT molecular complexity index is 823. The number of methoxy groups -OCH3 is 1. The number of amides is 2. The molecule has 0 fully saturated rings. The standard InChI is InChI=1S/C17H15Br2IN2O4/c1-9-5-11(18)7-12(19)16(9)26-8-15(23)21-22-17(24)10-3-4-14(25-2)13(20)6-10/h3-7H,8H2,1-2H3,(H,21,23)(H,22,24). The average Bonchev–Trinajstić information content (AvgIpc) is 2.58. The summed E-state index contributed by atoms with van der Waals surface area (Å²) in [6.45, 7) is 1.64. The number of benzene rings is 2. The summed E-state index contributed by atoms with van der Waals surface area (Å²) < 4.78 is 13.1. The zero-order valence-corrected chi connectivity index (χ0v) is 19.2. The first kappa shape index (κ1) is 21.0. The molecule has 0 saturated carbocycles. The predicted octanol–water partition coefficient (Wildman–Crippen LogP) is 3.97. The minimum atomic E-state index is -0.476. The van der Waals surface area contributed by atoms with Crippen LogP contribution in [-0.4, -0.2) is 25.5 Å². The Labute approximate surface area is 181 Å². The van der Waals surface area contributed by atoms with Crippen LogP contribution < -0.4 is 20.3 Å².